The Morgan fingerprint density at radius 3 is 2.73 bits per heavy atom. The summed E-state index contributed by atoms with van der Waals surface area (Å²) in [5, 5.41) is 8.52. The molecule has 0 aromatic rings. The first kappa shape index (κ1) is 8.75. The molecule has 0 bridgehead atoms. The molecule has 1 N–H and O–H groups in total. The Labute approximate surface area is 67.9 Å². The Balaban J connectivity index is 2.35. The number of hydrogen-bond acceptors (Lipinski definition) is 2. The van der Waals surface area contributed by atoms with Crippen LogP contribution in [0.25, 0.3) is 0 Å². The maximum atomic E-state index is 8.52. The molecule has 3 unspecified atom stereocenters. The van der Waals surface area contributed by atoms with Gasteiger partial charge in [-0.2, -0.15) is 0 Å². The summed E-state index contributed by atoms with van der Waals surface area (Å²) in [6.07, 6.45) is 5.36. The second-order valence-corrected chi connectivity index (χ2v) is 3.20. The van der Waals surface area contributed by atoms with Gasteiger partial charge in [0.25, 0.3) is 0 Å². The first-order chi connectivity index (χ1) is 5.24. The lowest BCUT2D eigenvalue weighted by molar-refractivity contribution is 0.0721. The summed E-state index contributed by atoms with van der Waals surface area (Å²) >= 11 is 0. The first-order valence-corrected chi connectivity index (χ1v) is 4.17. The number of hydrogen-bond donors (Lipinski definition) is 1. The van der Waals surface area contributed by atoms with Gasteiger partial charge in [-0.3, -0.25) is 0 Å². The molecule has 0 aliphatic carbocycles. The Morgan fingerprint density at radius 1 is 1.55 bits per heavy atom. The largest absolute Gasteiger partial charge is 0.392 e. The highest BCUT2D eigenvalue weighted by Crippen LogP contribution is 2.25. The Hall–Kier alpha value is -0.340. The van der Waals surface area contributed by atoms with Crippen molar-refractivity contribution < 1.29 is 9.84 Å². The smallest absolute Gasteiger partial charge is 0.0763 e. The Morgan fingerprint density at radius 2 is 2.27 bits per heavy atom. The Bertz CT molecular complexity index is 132. The van der Waals surface area contributed by atoms with E-state index in [1.165, 1.54) is 0 Å². The van der Waals surface area contributed by atoms with Crippen LogP contribution in [0.1, 0.15) is 20.3 Å². The van der Waals surface area contributed by atoms with E-state index in [-0.39, 0.29) is 12.7 Å². The highest BCUT2D eigenvalue weighted by molar-refractivity contribution is 4.94. The summed E-state index contributed by atoms with van der Waals surface area (Å²) in [4.78, 5) is 0. The molecule has 11 heavy (non-hydrogen) atoms. The van der Waals surface area contributed by atoms with E-state index in [1.807, 2.05) is 6.08 Å². The normalized spacial score (nSPS) is 38.6. The monoisotopic (exact) mass is 156 g/mol. The van der Waals surface area contributed by atoms with E-state index in [9.17, 15) is 0 Å². The van der Waals surface area contributed by atoms with Crippen LogP contribution in [-0.2, 0) is 4.74 Å². The summed E-state index contributed by atoms with van der Waals surface area (Å²) in [5.74, 6) is 0.642. The van der Waals surface area contributed by atoms with Crippen LogP contribution in [-0.4, -0.2) is 23.9 Å². The van der Waals surface area contributed by atoms with E-state index in [4.69, 9.17) is 9.84 Å². The van der Waals surface area contributed by atoms with Crippen LogP contribution in [0.4, 0.5) is 0 Å². The highest BCUT2D eigenvalue weighted by Gasteiger charge is 2.26. The number of ether oxygens (including phenoxy) is 1. The van der Waals surface area contributed by atoms with Gasteiger partial charge < -0.3 is 9.84 Å². The minimum atomic E-state index is 0.114. The second kappa shape index (κ2) is 3.88. The van der Waals surface area contributed by atoms with Crippen LogP contribution in [0.5, 0.6) is 0 Å². The number of aliphatic hydroxyl groups excluding tert-OH is 1. The molecule has 0 spiro atoms. The van der Waals surface area contributed by atoms with Crippen LogP contribution in [0, 0.1) is 5.92 Å². The van der Waals surface area contributed by atoms with E-state index in [0.717, 1.165) is 6.42 Å². The van der Waals surface area contributed by atoms with Crippen LogP contribution in [0.15, 0.2) is 12.2 Å². The van der Waals surface area contributed by atoms with Crippen LogP contribution in [0.2, 0.25) is 0 Å². The van der Waals surface area contributed by atoms with Gasteiger partial charge in [0.1, 0.15) is 0 Å². The molecule has 0 aromatic carbocycles. The van der Waals surface area contributed by atoms with Gasteiger partial charge in [0.2, 0.25) is 0 Å². The van der Waals surface area contributed by atoms with Crippen LogP contribution in [0.3, 0.4) is 0 Å². The standard InChI is InChI=1S/C9H16O2/c1-7-6-9(4-3-5-10)11-8(7)2/h3-4,7-10H,5-6H2,1-2H3/b4-3+. The van der Waals surface area contributed by atoms with Gasteiger partial charge in [0.05, 0.1) is 18.8 Å². The zero-order valence-electron chi connectivity index (χ0n) is 7.16. The van der Waals surface area contributed by atoms with E-state index >= 15 is 0 Å². The van der Waals surface area contributed by atoms with Gasteiger partial charge in [-0.05, 0) is 19.3 Å². The van der Waals surface area contributed by atoms with Crippen LogP contribution >= 0.6 is 0 Å². The topological polar surface area (TPSA) is 29.5 Å². The molecule has 1 rings (SSSR count). The molecule has 0 aromatic heterocycles. The summed E-state index contributed by atoms with van der Waals surface area (Å²) in [6, 6.07) is 0. The first-order valence-electron chi connectivity index (χ1n) is 4.17. The lowest BCUT2D eigenvalue weighted by Crippen LogP contribution is -2.07. The van der Waals surface area contributed by atoms with Crippen molar-refractivity contribution in [3.63, 3.8) is 0 Å². The SMILES string of the molecule is CC1CC(/C=C/CO)OC1C. The van der Waals surface area contributed by atoms with Crippen molar-refractivity contribution in [2.24, 2.45) is 5.92 Å². The fourth-order valence-electron chi connectivity index (χ4n) is 1.36. The fourth-order valence-corrected chi connectivity index (χ4v) is 1.36. The molecule has 0 amide bonds. The zero-order valence-corrected chi connectivity index (χ0v) is 7.16. The van der Waals surface area contributed by atoms with Crippen molar-refractivity contribution in [1.82, 2.24) is 0 Å². The summed E-state index contributed by atoms with van der Waals surface area (Å²) in [6.45, 7) is 4.40. The van der Waals surface area contributed by atoms with E-state index in [1.54, 1.807) is 6.08 Å². The molecule has 2 nitrogen and oxygen atoms in total. The summed E-state index contributed by atoms with van der Waals surface area (Å²) in [5.41, 5.74) is 0. The van der Waals surface area contributed by atoms with Crippen molar-refractivity contribution in [2.45, 2.75) is 32.5 Å². The average molecular weight is 156 g/mol. The van der Waals surface area contributed by atoms with Crippen molar-refractivity contribution >= 4 is 0 Å². The predicted molar refractivity (Wildman–Crippen MR) is 44.3 cm³/mol. The molecular formula is C9H16O2. The van der Waals surface area contributed by atoms with Gasteiger partial charge in [-0.1, -0.05) is 19.1 Å². The highest BCUT2D eigenvalue weighted by atomic mass is 16.5. The zero-order chi connectivity index (χ0) is 8.27. The molecule has 1 saturated heterocycles. The minimum absolute atomic E-state index is 0.114. The van der Waals surface area contributed by atoms with Gasteiger partial charge in [-0.15, -0.1) is 0 Å². The molecule has 2 heteroatoms. The van der Waals surface area contributed by atoms with Crippen molar-refractivity contribution in [3.8, 4) is 0 Å². The third kappa shape index (κ3) is 2.31. The molecule has 64 valence electrons. The predicted octanol–water partition coefficient (Wildman–Crippen LogP) is 1.35. The summed E-state index contributed by atoms with van der Waals surface area (Å²) in [7, 11) is 0. The minimum Gasteiger partial charge on any atom is -0.392 e. The third-order valence-corrected chi connectivity index (χ3v) is 2.25. The van der Waals surface area contributed by atoms with Crippen molar-refractivity contribution in [2.75, 3.05) is 6.61 Å². The molecule has 0 saturated carbocycles. The molecular weight excluding hydrogens is 140 g/mol. The van der Waals surface area contributed by atoms with Crippen molar-refractivity contribution in [1.29, 1.82) is 0 Å². The molecule has 1 fully saturated rings. The van der Waals surface area contributed by atoms with Gasteiger partial charge in [0, 0.05) is 0 Å². The fraction of sp³-hybridized carbons (Fsp3) is 0.778. The maximum Gasteiger partial charge on any atom is 0.0763 e. The Kier molecular flexibility index (Phi) is 3.09. The molecule has 0 radical (unpaired) electrons. The average Bonchev–Trinajstić information content (AvgIpc) is 2.28. The number of rotatable bonds is 2. The molecule has 1 aliphatic rings. The van der Waals surface area contributed by atoms with E-state index < -0.39 is 0 Å². The summed E-state index contributed by atoms with van der Waals surface area (Å²) < 4.78 is 5.58. The lowest BCUT2D eigenvalue weighted by Gasteiger charge is -2.06. The van der Waals surface area contributed by atoms with Crippen LogP contribution < -0.4 is 0 Å². The van der Waals surface area contributed by atoms with Crippen molar-refractivity contribution in [3.05, 3.63) is 12.2 Å². The molecule has 1 heterocycles. The van der Waals surface area contributed by atoms with E-state index in [2.05, 4.69) is 13.8 Å². The van der Waals surface area contributed by atoms with Gasteiger partial charge in [-0.25, -0.2) is 0 Å². The lowest BCUT2D eigenvalue weighted by atomic mass is 10.0. The number of aliphatic hydroxyl groups is 1. The van der Waals surface area contributed by atoms with Gasteiger partial charge in [0.15, 0.2) is 0 Å². The third-order valence-electron chi connectivity index (χ3n) is 2.25. The van der Waals surface area contributed by atoms with Gasteiger partial charge >= 0.3 is 0 Å². The van der Waals surface area contributed by atoms with E-state index in [0.29, 0.717) is 12.0 Å². The maximum absolute atomic E-state index is 8.52. The second-order valence-electron chi connectivity index (χ2n) is 3.20. The molecule has 1 aliphatic heterocycles. The quantitative estimate of drug-likeness (QED) is 0.611. The molecule has 3 atom stereocenters.